The molecule has 154 valence electrons. The third-order valence-electron chi connectivity index (χ3n) is 2.77. The number of rotatable bonds is 10. The fraction of sp³-hybridized carbons (Fsp3) is 0.824. The van der Waals surface area contributed by atoms with Gasteiger partial charge >= 0.3 is 12.1 Å². The fourth-order valence-electron chi connectivity index (χ4n) is 1.79. The number of aliphatic imine (C=N–C) groups is 1. The van der Waals surface area contributed by atoms with Crippen molar-refractivity contribution in [2.75, 3.05) is 32.8 Å². The van der Waals surface area contributed by atoms with Crippen LogP contribution in [-0.4, -0.2) is 56.4 Å². The molecule has 0 saturated heterocycles. The van der Waals surface area contributed by atoms with Crippen molar-refractivity contribution in [3.05, 3.63) is 0 Å². The van der Waals surface area contributed by atoms with Crippen molar-refractivity contribution in [2.24, 2.45) is 4.99 Å². The summed E-state index contributed by atoms with van der Waals surface area (Å²) in [4.78, 5) is 27.2. The fourth-order valence-corrected chi connectivity index (χ4v) is 1.79. The van der Waals surface area contributed by atoms with Gasteiger partial charge in [0, 0.05) is 32.6 Å². The Morgan fingerprint density at radius 1 is 1.00 bits per heavy atom. The number of halogens is 1. The molecule has 9 heteroatoms. The maximum absolute atomic E-state index is 11.5. The number of ether oxygens (including phenoxy) is 2. The lowest BCUT2D eigenvalue weighted by molar-refractivity contribution is -0.143. The van der Waals surface area contributed by atoms with Crippen molar-refractivity contribution < 1.29 is 19.1 Å². The van der Waals surface area contributed by atoms with Gasteiger partial charge in [-0.3, -0.25) is 9.79 Å². The number of amides is 1. The molecule has 0 radical (unpaired) electrons. The molecular formula is C17H35IN4O4. The van der Waals surface area contributed by atoms with E-state index in [1.807, 2.05) is 27.7 Å². The Bertz CT molecular complexity index is 425. The van der Waals surface area contributed by atoms with Crippen LogP contribution in [0.3, 0.4) is 0 Å². The summed E-state index contributed by atoms with van der Waals surface area (Å²) in [5.41, 5.74) is -0.492. The van der Waals surface area contributed by atoms with Gasteiger partial charge in [-0.25, -0.2) is 4.79 Å². The Balaban J connectivity index is 0. The largest absolute Gasteiger partial charge is 0.466 e. The van der Waals surface area contributed by atoms with E-state index in [1.165, 1.54) is 0 Å². The van der Waals surface area contributed by atoms with Crippen LogP contribution in [0.25, 0.3) is 0 Å². The molecule has 0 aromatic heterocycles. The molecule has 0 fully saturated rings. The van der Waals surface area contributed by atoms with E-state index in [-0.39, 0.29) is 29.9 Å². The van der Waals surface area contributed by atoms with E-state index in [0.717, 1.165) is 6.54 Å². The molecule has 0 atom stereocenters. The van der Waals surface area contributed by atoms with Crippen molar-refractivity contribution in [3.8, 4) is 0 Å². The second-order valence-corrected chi connectivity index (χ2v) is 6.38. The van der Waals surface area contributed by atoms with Crippen molar-refractivity contribution in [1.29, 1.82) is 0 Å². The highest BCUT2D eigenvalue weighted by molar-refractivity contribution is 14.0. The van der Waals surface area contributed by atoms with Gasteiger partial charge in [-0.2, -0.15) is 0 Å². The zero-order valence-corrected chi connectivity index (χ0v) is 19.0. The number of nitrogens with zero attached hydrogens (tertiary/aromatic N) is 1. The highest BCUT2D eigenvalue weighted by Gasteiger charge is 2.15. The Morgan fingerprint density at radius 3 is 2.23 bits per heavy atom. The zero-order chi connectivity index (χ0) is 19.1. The minimum Gasteiger partial charge on any atom is -0.466 e. The third-order valence-corrected chi connectivity index (χ3v) is 2.77. The summed E-state index contributed by atoms with van der Waals surface area (Å²) in [6.45, 7) is 12.1. The molecule has 0 unspecified atom stereocenters. The summed E-state index contributed by atoms with van der Waals surface area (Å²) >= 11 is 0. The van der Waals surface area contributed by atoms with E-state index in [4.69, 9.17) is 9.47 Å². The molecule has 0 rings (SSSR count). The monoisotopic (exact) mass is 486 g/mol. The predicted octanol–water partition coefficient (Wildman–Crippen LogP) is 2.42. The molecule has 0 aromatic carbocycles. The quantitative estimate of drug-likeness (QED) is 0.144. The Kier molecular flexibility index (Phi) is 16.5. The van der Waals surface area contributed by atoms with Crippen LogP contribution < -0.4 is 16.0 Å². The number of nitrogens with one attached hydrogen (secondary N) is 3. The lowest BCUT2D eigenvalue weighted by Gasteiger charge is -2.19. The predicted molar refractivity (Wildman–Crippen MR) is 114 cm³/mol. The first-order valence-corrected chi connectivity index (χ1v) is 8.93. The van der Waals surface area contributed by atoms with Crippen molar-refractivity contribution in [1.82, 2.24) is 16.0 Å². The number of carbonyl (C=O) groups excluding carboxylic acids is 2. The Morgan fingerprint density at radius 2 is 1.65 bits per heavy atom. The van der Waals surface area contributed by atoms with Gasteiger partial charge in [0.05, 0.1) is 6.61 Å². The first kappa shape index (κ1) is 27.0. The van der Waals surface area contributed by atoms with Gasteiger partial charge in [-0.05, 0) is 47.5 Å². The van der Waals surface area contributed by atoms with Crippen LogP contribution in [0.2, 0.25) is 0 Å². The molecule has 1 amide bonds. The topological polar surface area (TPSA) is 101 Å². The molecule has 0 aromatic rings. The normalized spacial score (nSPS) is 11.2. The lowest BCUT2D eigenvalue weighted by Crippen LogP contribution is -2.38. The second-order valence-electron chi connectivity index (χ2n) is 6.38. The van der Waals surface area contributed by atoms with E-state index < -0.39 is 11.7 Å². The molecule has 0 spiro atoms. The second kappa shape index (κ2) is 16.0. The minimum atomic E-state index is -0.492. The number of carbonyl (C=O) groups is 2. The van der Waals surface area contributed by atoms with Crippen LogP contribution in [-0.2, 0) is 14.3 Å². The molecule has 0 bridgehead atoms. The first-order valence-electron chi connectivity index (χ1n) is 8.93. The van der Waals surface area contributed by atoms with Crippen LogP contribution in [0.15, 0.2) is 4.99 Å². The number of guanidine groups is 1. The van der Waals surface area contributed by atoms with Crippen molar-refractivity contribution in [2.45, 2.75) is 59.5 Å². The molecule has 26 heavy (non-hydrogen) atoms. The first-order chi connectivity index (χ1) is 11.8. The Labute approximate surface area is 174 Å². The van der Waals surface area contributed by atoms with Crippen LogP contribution >= 0.6 is 24.0 Å². The van der Waals surface area contributed by atoms with Crippen LogP contribution in [0.5, 0.6) is 0 Å². The smallest absolute Gasteiger partial charge is 0.407 e. The summed E-state index contributed by atoms with van der Waals surface area (Å²) in [7, 11) is 0. The SMILES string of the molecule is CCNC(=NCCCNC(=O)OC(C)(C)C)NCCCC(=O)OCC.I. The van der Waals surface area contributed by atoms with E-state index >= 15 is 0 Å². The summed E-state index contributed by atoms with van der Waals surface area (Å²) in [5, 5.41) is 9.00. The maximum atomic E-state index is 11.5. The van der Waals surface area contributed by atoms with Gasteiger partial charge in [0.25, 0.3) is 0 Å². The van der Waals surface area contributed by atoms with Gasteiger partial charge in [0.1, 0.15) is 5.60 Å². The molecule has 0 aliphatic heterocycles. The number of esters is 1. The molecule has 0 aliphatic carbocycles. The number of hydrogen-bond donors (Lipinski definition) is 3. The van der Waals surface area contributed by atoms with Crippen molar-refractivity contribution in [3.63, 3.8) is 0 Å². The molecule has 3 N–H and O–H groups in total. The van der Waals surface area contributed by atoms with Crippen LogP contribution in [0.4, 0.5) is 4.79 Å². The minimum absolute atomic E-state index is 0. The molecular weight excluding hydrogens is 451 g/mol. The highest BCUT2D eigenvalue weighted by Crippen LogP contribution is 2.06. The summed E-state index contributed by atoms with van der Waals surface area (Å²) in [6.07, 6.45) is 1.36. The van der Waals surface area contributed by atoms with Gasteiger partial charge in [-0.1, -0.05) is 0 Å². The molecule has 0 heterocycles. The molecule has 0 aliphatic rings. The summed E-state index contributed by atoms with van der Waals surface area (Å²) in [5.74, 6) is 0.517. The standard InChI is InChI=1S/C17H34N4O4.HI/c1-6-18-15(19-11-8-10-14(22)24-7-2)20-12-9-13-21-16(23)25-17(3,4)5;/h6-13H2,1-5H3,(H,21,23)(H2,18,19,20);1H. The van der Waals surface area contributed by atoms with Gasteiger partial charge in [-0.15, -0.1) is 24.0 Å². The highest BCUT2D eigenvalue weighted by atomic mass is 127. The summed E-state index contributed by atoms with van der Waals surface area (Å²) in [6, 6.07) is 0. The average Bonchev–Trinajstić information content (AvgIpc) is 2.49. The number of hydrogen-bond acceptors (Lipinski definition) is 5. The third kappa shape index (κ3) is 17.6. The van der Waals surface area contributed by atoms with Crippen LogP contribution in [0, 0.1) is 0 Å². The van der Waals surface area contributed by atoms with E-state index in [2.05, 4.69) is 20.9 Å². The van der Waals surface area contributed by atoms with E-state index in [1.54, 1.807) is 6.92 Å². The molecule has 8 nitrogen and oxygen atoms in total. The zero-order valence-electron chi connectivity index (χ0n) is 16.6. The summed E-state index contributed by atoms with van der Waals surface area (Å²) < 4.78 is 10.0. The van der Waals surface area contributed by atoms with E-state index in [0.29, 0.717) is 51.5 Å². The van der Waals surface area contributed by atoms with Gasteiger partial charge in [0.2, 0.25) is 0 Å². The van der Waals surface area contributed by atoms with Crippen LogP contribution in [0.1, 0.15) is 53.9 Å². The Hall–Kier alpha value is -1.26. The van der Waals surface area contributed by atoms with Crippen molar-refractivity contribution >= 4 is 42.0 Å². The lowest BCUT2D eigenvalue weighted by atomic mass is 10.2. The molecule has 0 saturated carbocycles. The van der Waals surface area contributed by atoms with E-state index in [9.17, 15) is 9.59 Å². The van der Waals surface area contributed by atoms with Gasteiger partial charge in [0.15, 0.2) is 5.96 Å². The van der Waals surface area contributed by atoms with Gasteiger partial charge < -0.3 is 25.4 Å². The number of alkyl carbamates (subject to hydrolysis) is 1. The maximum Gasteiger partial charge on any atom is 0.407 e. The average molecular weight is 486 g/mol.